The molecule has 1 aromatic carbocycles. The van der Waals surface area contributed by atoms with Crippen molar-refractivity contribution >= 4 is 23.8 Å². The molecular weight excluding hydrogens is 322 g/mol. The number of hydrogen-bond acceptors (Lipinski definition) is 4. The van der Waals surface area contributed by atoms with E-state index in [9.17, 15) is 19.2 Å². The number of nitrogens with zero attached hydrogens (tertiary/aromatic N) is 3. The van der Waals surface area contributed by atoms with Gasteiger partial charge < -0.3 is 4.90 Å². The average molecular weight is 341 g/mol. The van der Waals surface area contributed by atoms with E-state index < -0.39 is 24.4 Å². The van der Waals surface area contributed by atoms with E-state index in [4.69, 9.17) is 0 Å². The second-order valence-electron chi connectivity index (χ2n) is 6.03. The molecule has 130 valence electrons. The zero-order chi connectivity index (χ0) is 18.0. The monoisotopic (exact) mass is 341 g/mol. The van der Waals surface area contributed by atoms with Crippen molar-refractivity contribution in [2.24, 2.45) is 0 Å². The van der Waals surface area contributed by atoms with Crippen molar-refractivity contribution in [3.8, 4) is 0 Å². The third kappa shape index (κ3) is 3.05. The molecule has 0 N–H and O–H groups in total. The molecule has 5 amide bonds. The van der Waals surface area contributed by atoms with Crippen molar-refractivity contribution in [1.82, 2.24) is 14.7 Å². The van der Waals surface area contributed by atoms with E-state index in [2.05, 4.69) is 6.58 Å². The number of urea groups is 1. The Labute approximate surface area is 145 Å². The van der Waals surface area contributed by atoms with Gasteiger partial charge in [0.25, 0.3) is 0 Å². The Morgan fingerprint density at radius 2 is 1.80 bits per heavy atom. The minimum Gasteiger partial charge on any atom is -0.334 e. The topological polar surface area (TPSA) is 78.0 Å². The SMILES string of the molecule is C=CCN1C(=O)C(=O)N(CC(=O)N2CCC[C@@H]2c2ccccc2)C1=O. The maximum absolute atomic E-state index is 12.7. The molecule has 0 spiro atoms. The molecule has 2 aliphatic heterocycles. The van der Waals surface area contributed by atoms with Crippen LogP contribution in [0.1, 0.15) is 24.4 Å². The molecule has 0 bridgehead atoms. The van der Waals surface area contributed by atoms with Gasteiger partial charge in [0.15, 0.2) is 0 Å². The van der Waals surface area contributed by atoms with Gasteiger partial charge in [-0.25, -0.2) is 9.69 Å². The van der Waals surface area contributed by atoms with Gasteiger partial charge in [-0.2, -0.15) is 0 Å². The number of carbonyl (C=O) groups is 4. The Morgan fingerprint density at radius 1 is 1.12 bits per heavy atom. The highest BCUT2D eigenvalue weighted by molar-refractivity contribution is 6.45. The summed E-state index contributed by atoms with van der Waals surface area (Å²) in [5.74, 6) is -2.21. The lowest BCUT2D eigenvalue weighted by Gasteiger charge is -2.26. The lowest BCUT2D eigenvalue weighted by molar-refractivity contribution is -0.145. The standard InChI is InChI=1S/C18H19N3O4/c1-2-10-20-16(23)17(24)21(18(20)25)12-15(22)19-11-6-9-14(19)13-7-4-3-5-8-13/h2-5,7-8,14H,1,6,9-12H2/t14-/m1/s1. The van der Waals surface area contributed by atoms with Crippen LogP contribution in [0.15, 0.2) is 43.0 Å². The Bertz CT molecular complexity index is 731. The van der Waals surface area contributed by atoms with Gasteiger partial charge in [-0.1, -0.05) is 36.4 Å². The molecule has 3 rings (SSSR count). The molecule has 2 saturated heterocycles. The maximum atomic E-state index is 12.7. The summed E-state index contributed by atoms with van der Waals surface area (Å²) in [5.41, 5.74) is 1.02. The van der Waals surface area contributed by atoms with Crippen molar-refractivity contribution < 1.29 is 19.2 Å². The summed E-state index contributed by atoms with van der Waals surface area (Å²) in [6.07, 6.45) is 3.05. The van der Waals surface area contributed by atoms with Gasteiger partial charge in [0.05, 0.1) is 6.04 Å². The van der Waals surface area contributed by atoms with Crippen LogP contribution in [-0.2, 0) is 14.4 Å². The van der Waals surface area contributed by atoms with Crippen LogP contribution in [-0.4, -0.2) is 58.1 Å². The number of likely N-dealkylation sites (tertiary alicyclic amines) is 1. The minimum absolute atomic E-state index is 0.0511. The number of rotatable bonds is 5. The summed E-state index contributed by atoms with van der Waals surface area (Å²) in [6.45, 7) is 3.56. The maximum Gasteiger partial charge on any atom is 0.335 e. The predicted molar refractivity (Wildman–Crippen MR) is 89.1 cm³/mol. The fraction of sp³-hybridized carbons (Fsp3) is 0.333. The first-order valence-corrected chi connectivity index (χ1v) is 8.17. The second kappa shape index (κ2) is 6.88. The van der Waals surface area contributed by atoms with Crippen molar-refractivity contribution in [3.63, 3.8) is 0 Å². The predicted octanol–water partition coefficient (Wildman–Crippen LogP) is 1.33. The van der Waals surface area contributed by atoms with Crippen LogP contribution in [0.2, 0.25) is 0 Å². The summed E-state index contributed by atoms with van der Waals surface area (Å²) in [4.78, 5) is 51.9. The summed E-state index contributed by atoms with van der Waals surface area (Å²) in [6, 6.07) is 8.81. The smallest absolute Gasteiger partial charge is 0.334 e. The molecule has 0 radical (unpaired) electrons. The average Bonchev–Trinajstić information content (AvgIpc) is 3.19. The Kier molecular flexibility index (Phi) is 4.65. The molecule has 1 aromatic rings. The van der Waals surface area contributed by atoms with E-state index >= 15 is 0 Å². The van der Waals surface area contributed by atoms with Crippen molar-refractivity contribution in [2.75, 3.05) is 19.6 Å². The van der Waals surface area contributed by atoms with Crippen LogP contribution in [0, 0.1) is 0 Å². The summed E-state index contributed by atoms with van der Waals surface area (Å²) in [5, 5.41) is 0. The lowest BCUT2D eigenvalue weighted by atomic mass is 10.0. The number of benzene rings is 1. The third-order valence-electron chi connectivity index (χ3n) is 4.50. The molecule has 0 aromatic heterocycles. The van der Waals surface area contributed by atoms with Crippen molar-refractivity contribution in [3.05, 3.63) is 48.6 Å². The van der Waals surface area contributed by atoms with Crippen LogP contribution < -0.4 is 0 Å². The zero-order valence-corrected chi connectivity index (χ0v) is 13.8. The lowest BCUT2D eigenvalue weighted by Crippen LogP contribution is -2.43. The van der Waals surface area contributed by atoms with Gasteiger partial charge in [-0.05, 0) is 18.4 Å². The minimum atomic E-state index is -0.962. The van der Waals surface area contributed by atoms with E-state index in [1.807, 2.05) is 30.3 Å². The first kappa shape index (κ1) is 16.9. The van der Waals surface area contributed by atoms with Crippen LogP contribution in [0.25, 0.3) is 0 Å². The van der Waals surface area contributed by atoms with Crippen LogP contribution in [0.3, 0.4) is 0 Å². The summed E-state index contributed by atoms with van der Waals surface area (Å²) in [7, 11) is 0. The Hall–Kier alpha value is -2.96. The van der Waals surface area contributed by atoms with Gasteiger partial charge in [0.1, 0.15) is 6.54 Å². The molecule has 25 heavy (non-hydrogen) atoms. The Balaban J connectivity index is 1.73. The molecule has 0 unspecified atom stereocenters. The quantitative estimate of drug-likeness (QED) is 0.460. The molecular formula is C18H19N3O4. The van der Waals surface area contributed by atoms with Crippen LogP contribution >= 0.6 is 0 Å². The summed E-state index contributed by atoms with van der Waals surface area (Å²) >= 11 is 0. The van der Waals surface area contributed by atoms with Gasteiger partial charge in [-0.15, -0.1) is 6.58 Å². The van der Waals surface area contributed by atoms with Crippen molar-refractivity contribution in [1.29, 1.82) is 0 Å². The number of hydrogen-bond donors (Lipinski definition) is 0. The van der Waals surface area contributed by atoms with Crippen LogP contribution in [0.5, 0.6) is 0 Å². The fourth-order valence-corrected chi connectivity index (χ4v) is 3.29. The van der Waals surface area contributed by atoms with E-state index in [1.54, 1.807) is 4.90 Å². The van der Waals surface area contributed by atoms with Gasteiger partial charge in [0, 0.05) is 13.1 Å². The zero-order valence-electron chi connectivity index (χ0n) is 13.8. The first-order chi connectivity index (χ1) is 12.0. The van der Waals surface area contributed by atoms with Crippen molar-refractivity contribution in [2.45, 2.75) is 18.9 Å². The molecule has 2 fully saturated rings. The van der Waals surface area contributed by atoms with E-state index in [-0.39, 0.29) is 18.5 Å². The third-order valence-corrected chi connectivity index (χ3v) is 4.50. The molecule has 1 atom stereocenters. The highest BCUT2D eigenvalue weighted by Crippen LogP contribution is 2.32. The van der Waals surface area contributed by atoms with Crippen LogP contribution in [0.4, 0.5) is 4.79 Å². The summed E-state index contributed by atoms with van der Waals surface area (Å²) < 4.78 is 0. The number of carbonyl (C=O) groups excluding carboxylic acids is 4. The van der Waals surface area contributed by atoms with Gasteiger partial charge >= 0.3 is 17.8 Å². The number of amides is 5. The van der Waals surface area contributed by atoms with Gasteiger partial charge in [0.2, 0.25) is 5.91 Å². The van der Waals surface area contributed by atoms with E-state index in [1.165, 1.54) is 6.08 Å². The molecule has 0 saturated carbocycles. The highest BCUT2D eigenvalue weighted by atomic mass is 16.2. The fourth-order valence-electron chi connectivity index (χ4n) is 3.29. The molecule has 0 aliphatic carbocycles. The van der Waals surface area contributed by atoms with E-state index in [0.717, 1.165) is 23.3 Å². The molecule has 2 aliphatic rings. The highest BCUT2D eigenvalue weighted by Gasteiger charge is 2.45. The Morgan fingerprint density at radius 3 is 2.48 bits per heavy atom. The molecule has 7 nitrogen and oxygen atoms in total. The van der Waals surface area contributed by atoms with E-state index in [0.29, 0.717) is 11.4 Å². The number of imide groups is 2. The molecule has 2 heterocycles. The normalized spacial score (nSPS) is 20.6. The first-order valence-electron chi connectivity index (χ1n) is 8.17. The molecule has 7 heteroatoms. The van der Waals surface area contributed by atoms with Gasteiger partial charge in [-0.3, -0.25) is 19.3 Å². The largest absolute Gasteiger partial charge is 0.335 e. The second-order valence-corrected chi connectivity index (χ2v) is 6.03.